The summed E-state index contributed by atoms with van der Waals surface area (Å²) in [6, 6.07) is 3.57. The van der Waals surface area contributed by atoms with Crippen LogP contribution in [-0.4, -0.2) is 47.7 Å². The number of ether oxygens (including phenoxy) is 1. The van der Waals surface area contributed by atoms with Gasteiger partial charge in [-0.25, -0.2) is 4.79 Å². The number of anilines is 1. The Hall–Kier alpha value is -1.83. The molecule has 0 atom stereocenters. The lowest BCUT2D eigenvalue weighted by Gasteiger charge is -2.36. The van der Waals surface area contributed by atoms with E-state index in [1.807, 2.05) is 31.7 Å². The molecule has 1 aliphatic heterocycles. The molecule has 0 aromatic heterocycles. The van der Waals surface area contributed by atoms with E-state index in [9.17, 15) is 14.9 Å². The Balaban J connectivity index is 2.12. The van der Waals surface area contributed by atoms with Crippen LogP contribution in [0.4, 0.5) is 16.2 Å². The first-order valence-corrected chi connectivity index (χ1v) is 8.56. The second-order valence-electron chi connectivity index (χ2n) is 6.75. The number of piperazine rings is 1. The lowest BCUT2D eigenvalue weighted by atomic mass is 10.1. The third-order valence-electron chi connectivity index (χ3n) is 3.80. The van der Waals surface area contributed by atoms with Crippen molar-refractivity contribution in [3.8, 4) is 0 Å². The average molecular weight is 400 g/mol. The number of hydrogen-bond donors (Lipinski definition) is 0. The first kappa shape index (κ1) is 18.5. The van der Waals surface area contributed by atoms with E-state index < -0.39 is 5.60 Å². The van der Waals surface area contributed by atoms with Gasteiger partial charge in [-0.15, -0.1) is 0 Å². The number of carbonyl (C=O) groups excluding carboxylic acids is 1. The van der Waals surface area contributed by atoms with Gasteiger partial charge in [0.25, 0.3) is 5.69 Å². The summed E-state index contributed by atoms with van der Waals surface area (Å²) in [5, 5.41) is 11.4. The summed E-state index contributed by atoms with van der Waals surface area (Å²) in [5.74, 6) is 0. The summed E-state index contributed by atoms with van der Waals surface area (Å²) in [6.45, 7) is 9.21. The van der Waals surface area contributed by atoms with Crippen LogP contribution in [0.2, 0.25) is 0 Å². The van der Waals surface area contributed by atoms with E-state index in [0.717, 1.165) is 0 Å². The third kappa shape index (κ3) is 4.17. The van der Waals surface area contributed by atoms with E-state index in [-0.39, 0.29) is 16.7 Å². The van der Waals surface area contributed by atoms with Gasteiger partial charge in [0.1, 0.15) is 11.3 Å². The molecule has 1 saturated heterocycles. The predicted octanol–water partition coefficient (Wildman–Crippen LogP) is 3.72. The minimum Gasteiger partial charge on any atom is -0.444 e. The number of amides is 1. The topological polar surface area (TPSA) is 75.9 Å². The Morgan fingerprint density at radius 2 is 1.83 bits per heavy atom. The van der Waals surface area contributed by atoms with E-state index in [2.05, 4.69) is 15.9 Å². The number of hydrogen-bond acceptors (Lipinski definition) is 5. The lowest BCUT2D eigenvalue weighted by molar-refractivity contribution is -0.384. The van der Waals surface area contributed by atoms with Gasteiger partial charge in [0.2, 0.25) is 0 Å². The predicted molar refractivity (Wildman–Crippen MR) is 95.6 cm³/mol. The van der Waals surface area contributed by atoms with Gasteiger partial charge < -0.3 is 14.5 Å². The van der Waals surface area contributed by atoms with Crippen molar-refractivity contribution in [2.24, 2.45) is 0 Å². The molecular formula is C16H22BrN3O4. The molecule has 132 valence electrons. The van der Waals surface area contributed by atoms with Crippen LogP contribution in [0, 0.1) is 17.0 Å². The van der Waals surface area contributed by atoms with Crippen molar-refractivity contribution in [3.05, 3.63) is 32.3 Å². The molecular weight excluding hydrogens is 378 g/mol. The van der Waals surface area contributed by atoms with Gasteiger partial charge in [-0.05, 0) is 39.8 Å². The molecule has 8 heteroatoms. The molecule has 0 spiro atoms. The number of nitro benzene ring substituents is 1. The first-order valence-electron chi connectivity index (χ1n) is 7.76. The molecule has 7 nitrogen and oxygen atoms in total. The Morgan fingerprint density at radius 3 is 2.33 bits per heavy atom. The Morgan fingerprint density at radius 1 is 1.25 bits per heavy atom. The number of rotatable bonds is 2. The quantitative estimate of drug-likeness (QED) is 0.559. The molecule has 0 bridgehead atoms. The lowest BCUT2D eigenvalue weighted by Crippen LogP contribution is -2.50. The Labute approximate surface area is 149 Å². The SMILES string of the molecule is Cc1c(Br)ccc(N2CCN(C(=O)OC(C)(C)C)CC2)c1[N+](=O)[O-]. The van der Waals surface area contributed by atoms with E-state index in [0.29, 0.717) is 41.9 Å². The highest BCUT2D eigenvalue weighted by atomic mass is 79.9. The summed E-state index contributed by atoms with van der Waals surface area (Å²) in [5.41, 5.74) is 0.766. The molecule has 1 aromatic carbocycles. The fraction of sp³-hybridized carbons (Fsp3) is 0.562. The van der Waals surface area contributed by atoms with Crippen molar-refractivity contribution in [2.45, 2.75) is 33.3 Å². The highest BCUT2D eigenvalue weighted by molar-refractivity contribution is 9.10. The molecule has 1 fully saturated rings. The number of nitro groups is 1. The molecule has 1 amide bonds. The maximum Gasteiger partial charge on any atom is 0.410 e. The summed E-state index contributed by atoms with van der Waals surface area (Å²) in [6.07, 6.45) is -0.344. The fourth-order valence-corrected chi connectivity index (χ4v) is 2.92. The van der Waals surface area contributed by atoms with Gasteiger partial charge in [-0.1, -0.05) is 15.9 Å². The summed E-state index contributed by atoms with van der Waals surface area (Å²) < 4.78 is 6.08. The zero-order valence-electron chi connectivity index (χ0n) is 14.3. The van der Waals surface area contributed by atoms with E-state index >= 15 is 0 Å². The normalized spacial score (nSPS) is 15.4. The highest BCUT2D eigenvalue weighted by Gasteiger charge is 2.29. The van der Waals surface area contributed by atoms with Crippen molar-refractivity contribution < 1.29 is 14.5 Å². The zero-order valence-corrected chi connectivity index (χ0v) is 15.9. The molecule has 0 N–H and O–H groups in total. The van der Waals surface area contributed by atoms with Crippen LogP contribution in [0.5, 0.6) is 0 Å². The number of halogens is 1. The van der Waals surface area contributed by atoms with Crippen molar-refractivity contribution in [2.75, 3.05) is 31.1 Å². The summed E-state index contributed by atoms with van der Waals surface area (Å²) in [7, 11) is 0. The van der Waals surface area contributed by atoms with Crippen LogP contribution in [0.15, 0.2) is 16.6 Å². The number of nitrogens with zero attached hydrogens (tertiary/aromatic N) is 3. The number of benzene rings is 1. The van der Waals surface area contributed by atoms with E-state index in [1.165, 1.54) is 0 Å². The second-order valence-corrected chi connectivity index (χ2v) is 7.61. The average Bonchev–Trinajstić information content (AvgIpc) is 2.48. The summed E-state index contributed by atoms with van der Waals surface area (Å²) >= 11 is 3.34. The van der Waals surface area contributed by atoms with E-state index in [1.54, 1.807) is 17.9 Å². The van der Waals surface area contributed by atoms with Gasteiger partial charge in [0.05, 0.1) is 4.92 Å². The van der Waals surface area contributed by atoms with Crippen LogP contribution in [0.25, 0.3) is 0 Å². The van der Waals surface area contributed by atoms with E-state index in [4.69, 9.17) is 4.74 Å². The Kier molecular flexibility index (Phi) is 5.37. The van der Waals surface area contributed by atoms with Crippen molar-refractivity contribution >= 4 is 33.4 Å². The van der Waals surface area contributed by atoms with Gasteiger partial charge in [-0.2, -0.15) is 0 Å². The van der Waals surface area contributed by atoms with Crippen molar-refractivity contribution in [1.82, 2.24) is 4.90 Å². The van der Waals surface area contributed by atoms with Crippen LogP contribution in [-0.2, 0) is 4.74 Å². The molecule has 1 aromatic rings. The molecule has 1 heterocycles. The minimum absolute atomic E-state index is 0.107. The molecule has 0 aliphatic carbocycles. The fourth-order valence-electron chi connectivity index (χ4n) is 2.60. The molecule has 1 aliphatic rings. The van der Waals surface area contributed by atoms with Crippen LogP contribution in [0.1, 0.15) is 26.3 Å². The molecule has 0 saturated carbocycles. The largest absolute Gasteiger partial charge is 0.444 e. The van der Waals surface area contributed by atoms with Crippen LogP contribution in [0.3, 0.4) is 0 Å². The summed E-state index contributed by atoms with van der Waals surface area (Å²) in [4.78, 5) is 26.8. The van der Waals surface area contributed by atoms with Gasteiger partial charge in [-0.3, -0.25) is 10.1 Å². The molecule has 24 heavy (non-hydrogen) atoms. The standard InChI is InChI=1S/C16H22BrN3O4/c1-11-12(17)5-6-13(14(11)20(22)23)18-7-9-19(10-8-18)15(21)24-16(2,3)4/h5-6H,7-10H2,1-4H3. The second kappa shape index (κ2) is 6.96. The van der Waals surface area contributed by atoms with Crippen LogP contribution < -0.4 is 4.90 Å². The maximum absolute atomic E-state index is 12.1. The van der Waals surface area contributed by atoms with Gasteiger partial charge in [0, 0.05) is 36.2 Å². The highest BCUT2D eigenvalue weighted by Crippen LogP contribution is 2.36. The monoisotopic (exact) mass is 399 g/mol. The molecule has 0 unspecified atom stereocenters. The molecule has 0 radical (unpaired) electrons. The number of carbonyl (C=O) groups is 1. The maximum atomic E-state index is 12.1. The van der Waals surface area contributed by atoms with Crippen LogP contribution >= 0.6 is 15.9 Å². The smallest absolute Gasteiger partial charge is 0.410 e. The molecule has 2 rings (SSSR count). The zero-order chi connectivity index (χ0) is 18.1. The van der Waals surface area contributed by atoms with Crippen molar-refractivity contribution in [3.63, 3.8) is 0 Å². The first-order chi connectivity index (χ1) is 11.1. The third-order valence-corrected chi connectivity index (χ3v) is 4.66. The van der Waals surface area contributed by atoms with Gasteiger partial charge in [0.15, 0.2) is 0 Å². The van der Waals surface area contributed by atoms with Gasteiger partial charge >= 0.3 is 6.09 Å². The minimum atomic E-state index is -0.532. The van der Waals surface area contributed by atoms with Crippen molar-refractivity contribution in [1.29, 1.82) is 0 Å². The Bertz CT molecular complexity index is 649.